The first kappa shape index (κ1) is 15.0. The highest BCUT2D eigenvalue weighted by Crippen LogP contribution is 2.28. The lowest BCUT2D eigenvalue weighted by Crippen LogP contribution is -2.47. The van der Waals surface area contributed by atoms with E-state index in [9.17, 15) is 4.79 Å². The number of amides is 1. The third-order valence-corrected chi connectivity index (χ3v) is 4.03. The molecule has 1 aromatic rings. The van der Waals surface area contributed by atoms with Crippen LogP contribution >= 0.6 is 0 Å². The van der Waals surface area contributed by atoms with Crippen molar-refractivity contribution in [3.05, 3.63) is 35.4 Å². The molecule has 1 heterocycles. The first-order valence-corrected chi connectivity index (χ1v) is 7.64. The van der Waals surface area contributed by atoms with E-state index in [-0.39, 0.29) is 11.9 Å². The first-order valence-electron chi connectivity index (χ1n) is 7.64. The van der Waals surface area contributed by atoms with Gasteiger partial charge in [0.05, 0.1) is 6.04 Å². The van der Waals surface area contributed by atoms with Gasteiger partial charge in [0, 0.05) is 7.05 Å². The number of hydrogen-bond donors (Lipinski definition) is 2. The molecule has 20 heavy (non-hydrogen) atoms. The van der Waals surface area contributed by atoms with Gasteiger partial charge in [0.15, 0.2) is 0 Å². The van der Waals surface area contributed by atoms with Gasteiger partial charge in [0.2, 0.25) is 5.91 Å². The van der Waals surface area contributed by atoms with Crippen LogP contribution in [-0.2, 0) is 11.2 Å². The zero-order valence-corrected chi connectivity index (χ0v) is 12.8. The van der Waals surface area contributed by atoms with Crippen molar-refractivity contribution in [1.82, 2.24) is 10.6 Å². The minimum Gasteiger partial charge on any atom is -0.358 e. The van der Waals surface area contributed by atoms with E-state index in [4.69, 9.17) is 0 Å². The van der Waals surface area contributed by atoms with Crippen molar-refractivity contribution in [2.45, 2.75) is 45.1 Å². The van der Waals surface area contributed by atoms with Crippen molar-refractivity contribution in [1.29, 1.82) is 0 Å². The molecule has 0 bridgehead atoms. The minimum atomic E-state index is -0.0486. The van der Waals surface area contributed by atoms with Crippen LogP contribution in [0.2, 0.25) is 0 Å². The van der Waals surface area contributed by atoms with Gasteiger partial charge in [-0.25, -0.2) is 0 Å². The number of carbonyl (C=O) groups is 1. The summed E-state index contributed by atoms with van der Waals surface area (Å²) in [5.74, 6) is 1.27. The summed E-state index contributed by atoms with van der Waals surface area (Å²) in [6.45, 7) is 5.41. The number of carbonyl (C=O) groups excluding carboxylic acids is 1. The number of benzene rings is 1. The quantitative estimate of drug-likeness (QED) is 0.885. The predicted molar refractivity (Wildman–Crippen MR) is 82.8 cm³/mol. The average Bonchev–Trinajstić information content (AvgIpc) is 2.46. The Morgan fingerprint density at radius 2 is 2.25 bits per heavy atom. The van der Waals surface area contributed by atoms with Crippen molar-refractivity contribution in [3.63, 3.8) is 0 Å². The summed E-state index contributed by atoms with van der Waals surface area (Å²) < 4.78 is 0. The maximum absolute atomic E-state index is 11.8. The molecule has 1 aliphatic rings. The van der Waals surface area contributed by atoms with Crippen LogP contribution in [0.5, 0.6) is 0 Å². The first-order chi connectivity index (χ1) is 9.60. The second-order valence-electron chi connectivity index (χ2n) is 6.19. The summed E-state index contributed by atoms with van der Waals surface area (Å²) in [7, 11) is 1.71. The zero-order chi connectivity index (χ0) is 14.5. The van der Waals surface area contributed by atoms with Crippen LogP contribution in [0.15, 0.2) is 24.3 Å². The normalized spacial score (nSPS) is 22.8. The lowest BCUT2D eigenvalue weighted by molar-refractivity contribution is -0.123. The van der Waals surface area contributed by atoms with E-state index in [0.717, 1.165) is 25.8 Å². The molecule has 0 radical (unpaired) electrons. The fraction of sp³-hybridized carbons (Fsp3) is 0.588. The molecule has 1 amide bonds. The Labute approximate surface area is 122 Å². The van der Waals surface area contributed by atoms with Crippen molar-refractivity contribution in [2.24, 2.45) is 5.92 Å². The van der Waals surface area contributed by atoms with Gasteiger partial charge in [-0.05, 0) is 48.8 Å². The van der Waals surface area contributed by atoms with E-state index in [1.54, 1.807) is 7.05 Å². The van der Waals surface area contributed by atoms with Gasteiger partial charge in [-0.2, -0.15) is 0 Å². The van der Waals surface area contributed by atoms with Gasteiger partial charge >= 0.3 is 0 Å². The highest BCUT2D eigenvalue weighted by atomic mass is 16.2. The highest BCUT2D eigenvalue weighted by Gasteiger charge is 2.27. The lowest BCUT2D eigenvalue weighted by atomic mass is 9.85. The molecular weight excluding hydrogens is 248 g/mol. The largest absolute Gasteiger partial charge is 0.358 e. The fourth-order valence-electron chi connectivity index (χ4n) is 3.04. The van der Waals surface area contributed by atoms with Gasteiger partial charge in [-0.3, -0.25) is 4.79 Å². The van der Waals surface area contributed by atoms with E-state index in [1.807, 2.05) is 0 Å². The highest BCUT2D eigenvalue weighted by molar-refractivity contribution is 5.81. The van der Waals surface area contributed by atoms with Gasteiger partial charge in [-0.1, -0.05) is 38.1 Å². The Kier molecular flexibility index (Phi) is 5.18. The van der Waals surface area contributed by atoms with Crippen molar-refractivity contribution in [3.8, 4) is 0 Å². The van der Waals surface area contributed by atoms with Gasteiger partial charge in [0.25, 0.3) is 0 Å². The Morgan fingerprint density at radius 3 is 2.95 bits per heavy atom. The molecule has 1 fully saturated rings. The molecule has 0 aliphatic carbocycles. The molecule has 2 N–H and O–H groups in total. The summed E-state index contributed by atoms with van der Waals surface area (Å²) >= 11 is 0. The van der Waals surface area contributed by atoms with Gasteiger partial charge < -0.3 is 10.6 Å². The SMILES string of the molecule is CNC(=O)C1CC(c2cccc(CC(C)C)c2)CCN1. The lowest BCUT2D eigenvalue weighted by Gasteiger charge is -2.29. The van der Waals surface area contributed by atoms with Crippen molar-refractivity contribution in [2.75, 3.05) is 13.6 Å². The Morgan fingerprint density at radius 1 is 1.45 bits per heavy atom. The Hall–Kier alpha value is -1.35. The molecule has 1 saturated heterocycles. The maximum Gasteiger partial charge on any atom is 0.236 e. The average molecular weight is 274 g/mol. The van der Waals surface area contributed by atoms with Crippen LogP contribution in [0.25, 0.3) is 0 Å². The van der Waals surface area contributed by atoms with Crippen molar-refractivity contribution >= 4 is 5.91 Å². The molecule has 2 atom stereocenters. The van der Waals surface area contributed by atoms with E-state index in [2.05, 4.69) is 48.7 Å². The molecule has 3 nitrogen and oxygen atoms in total. The van der Waals surface area contributed by atoms with Crippen molar-refractivity contribution < 1.29 is 4.79 Å². The van der Waals surface area contributed by atoms with Crippen LogP contribution in [-0.4, -0.2) is 25.5 Å². The second kappa shape index (κ2) is 6.89. The number of rotatable bonds is 4. The van der Waals surface area contributed by atoms with Gasteiger partial charge in [-0.15, -0.1) is 0 Å². The monoisotopic (exact) mass is 274 g/mol. The molecule has 110 valence electrons. The summed E-state index contributed by atoms with van der Waals surface area (Å²) in [5, 5.41) is 6.05. The molecule has 3 heteroatoms. The Bertz CT molecular complexity index is 456. The number of piperidine rings is 1. The summed E-state index contributed by atoms with van der Waals surface area (Å²) in [6.07, 6.45) is 3.13. The molecule has 0 spiro atoms. The standard InChI is InChI=1S/C17H26N2O/c1-12(2)9-13-5-4-6-14(10-13)15-7-8-19-16(11-15)17(20)18-3/h4-6,10,12,15-16,19H,7-9,11H2,1-3H3,(H,18,20). The van der Waals surface area contributed by atoms with Crippen LogP contribution in [0, 0.1) is 5.92 Å². The number of hydrogen-bond acceptors (Lipinski definition) is 2. The Balaban J connectivity index is 2.08. The van der Waals surface area contributed by atoms with E-state index in [0.29, 0.717) is 11.8 Å². The maximum atomic E-state index is 11.8. The van der Waals surface area contributed by atoms with Crippen LogP contribution in [0.1, 0.15) is 43.7 Å². The van der Waals surface area contributed by atoms with E-state index >= 15 is 0 Å². The molecule has 2 unspecified atom stereocenters. The molecule has 1 aromatic carbocycles. The predicted octanol–water partition coefficient (Wildman–Crippen LogP) is 2.47. The zero-order valence-electron chi connectivity index (χ0n) is 12.8. The van der Waals surface area contributed by atoms with Gasteiger partial charge in [0.1, 0.15) is 0 Å². The summed E-state index contributed by atoms with van der Waals surface area (Å²) in [6, 6.07) is 8.86. The van der Waals surface area contributed by atoms with E-state index in [1.165, 1.54) is 11.1 Å². The van der Waals surface area contributed by atoms with Crippen LogP contribution < -0.4 is 10.6 Å². The number of nitrogens with one attached hydrogen (secondary N) is 2. The summed E-state index contributed by atoms with van der Waals surface area (Å²) in [4.78, 5) is 11.8. The number of likely N-dealkylation sites (N-methyl/N-ethyl adjacent to an activating group) is 1. The summed E-state index contributed by atoms with van der Waals surface area (Å²) in [5.41, 5.74) is 2.80. The second-order valence-corrected chi connectivity index (χ2v) is 6.19. The molecule has 0 saturated carbocycles. The molecule has 2 rings (SSSR count). The molecule has 1 aliphatic heterocycles. The third-order valence-electron chi connectivity index (χ3n) is 4.03. The fourth-order valence-corrected chi connectivity index (χ4v) is 3.04. The third kappa shape index (κ3) is 3.83. The van der Waals surface area contributed by atoms with Crippen LogP contribution in [0.3, 0.4) is 0 Å². The molecule has 0 aromatic heterocycles. The topological polar surface area (TPSA) is 41.1 Å². The smallest absolute Gasteiger partial charge is 0.236 e. The molecular formula is C17H26N2O. The van der Waals surface area contributed by atoms with E-state index < -0.39 is 0 Å². The van der Waals surface area contributed by atoms with Crippen LogP contribution in [0.4, 0.5) is 0 Å². The minimum absolute atomic E-state index is 0.0486.